The molecule has 19 heavy (non-hydrogen) atoms. The molecule has 0 aromatic heterocycles. The summed E-state index contributed by atoms with van der Waals surface area (Å²) in [6, 6.07) is 0. The molecule has 0 bridgehead atoms. The van der Waals surface area contributed by atoms with Crippen LogP contribution in [0.1, 0.15) is 32.6 Å². The summed E-state index contributed by atoms with van der Waals surface area (Å²) in [5.41, 5.74) is 8.07. The lowest BCUT2D eigenvalue weighted by atomic mass is 9.97. The van der Waals surface area contributed by atoms with Crippen LogP contribution in [0.2, 0.25) is 0 Å². The number of carbonyl (C=O) groups excluding carboxylic acids is 1. The number of allylic oxidation sites excluding steroid dienone is 3. The van der Waals surface area contributed by atoms with E-state index in [1.54, 1.807) is 14.0 Å². The first-order valence-electron chi connectivity index (χ1n) is 6.78. The largest absolute Gasteiger partial charge is 0.461 e. The molecule has 3 N–H and O–H groups in total. The Hall–Kier alpha value is -1.49. The van der Waals surface area contributed by atoms with E-state index in [1.165, 1.54) is 0 Å². The molecule has 0 atom stereocenters. The zero-order chi connectivity index (χ0) is 14.1. The molecule has 1 aliphatic rings. The van der Waals surface area contributed by atoms with Gasteiger partial charge in [0.05, 0.1) is 6.61 Å². The Morgan fingerprint density at radius 1 is 1.47 bits per heavy atom. The van der Waals surface area contributed by atoms with E-state index >= 15 is 0 Å². The first kappa shape index (κ1) is 15.6. The van der Waals surface area contributed by atoms with Crippen LogP contribution in [0.15, 0.2) is 23.0 Å². The van der Waals surface area contributed by atoms with Crippen LogP contribution in [0.3, 0.4) is 0 Å². The van der Waals surface area contributed by atoms with Crippen LogP contribution >= 0.6 is 0 Å². The minimum Gasteiger partial charge on any atom is -0.461 e. The lowest BCUT2D eigenvalue weighted by Gasteiger charge is -2.18. The number of methoxy groups -OCH3 is 1. The van der Waals surface area contributed by atoms with Crippen molar-refractivity contribution in [2.75, 3.05) is 26.9 Å². The molecule has 5 heteroatoms. The highest BCUT2D eigenvalue weighted by Gasteiger charge is 2.15. The van der Waals surface area contributed by atoms with Crippen molar-refractivity contribution in [3.63, 3.8) is 0 Å². The van der Waals surface area contributed by atoms with E-state index in [4.69, 9.17) is 15.2 Å². The molecule has 1 aliphatic carbocycles. The Balaban J connectivity index is 2.59. The summed E-state index contributed by atoms with van der Waals surface area (Å²) >= 11 is 0. The average Bonchev–Trinajstić information content (AvgIpc) is 2.43. The Labute approximate surface area is 114 Å². The molecule has 108 valence electrons. The average molecular weight is 268 g/mol. The molecule has 0 fully saturated rings. The van der Waals surface area contributed by atoms with Gasteiger partial charge in [-0.3, -0.25) is 0 Å². The van der Waals surface area contributed by atoms with Gasteiger partial charge >= 0.3 is 5.97 Å². The molecular formula is C14H24N2O3. The second kappa shape index (κ2) is 8.58. The van der Waals surface area contributed by atoms with E-state index in [0.717, 1.165) is 50.1 Å². The first-order valence-corrected chi connectivity index (χ1v) is 6.78. The van der Waals surface area contributed by atoms with Gasteiger partial charge in [0.1, 0.15) is 5.70 Å². The van der Waals surface area contributed by atoms with Crippen molar-refractivity contribution in [2.24, 2.45) is 5.73 Å². The van der Waals surface area contributed by atoms with E-state index < -0.39 is 5.97 Å². The van der Waals surface area contributed by atoms with Gasteiger partial charge in [-0.25, -0.2) is 4.79 Å². The normalized spacial score (nSPS) is 17.7. The topological polar surface area (TPSA) is 73.6 Å². The summed E-state index contributed by atoms with van der Waals surface area (Å²) < 4.78 is 9.92. The highest BCUT2D eigenvalue weighted by Crippen LogP contribution is 2.22. The minimum atomic E-state index is -0.422. The zero-order valence-electron chi connectivity index (χ0n) is 11.8. The minimum absolute atomic E-state index is 0.234. The monoisotopic (exact) mass is 268 g/mol. The fourth-order valence-electron chi connectivity index (χ4n) is 1.98. The van der Waals surface area contributed by atoms with Crippen LogP contribution in [-0.4, -0.2) is 32.8 Å². The highest BCUT2D eigenvalue weighted by atomic mass is 16.5. The van der Waals surface area contributed by atoms with Crippen LogP contribution in [0.5, 0.6) is 0 Å². The lowest BCUT2D eigenvalue weighted by Crippen LogP contribution is -2.21. The van der Waals surface area contributed by atoms with E-state index in [1.807, 2.05) is 6.08 Å². The van der Waals surface area contributed by atoms with Gasteiger partial charge in [-0.15, -0.1) is 0 Å². The van der Waals surface area contributed by atoms with Crippen molar-refractivity contribution >= 4 is 5.97 Å². The number of hydrogen-bond acceptors (Lipinski definition) is 5. The summed E-state index contributed by atoms with van der Waals surface area (Å²) in [7, 11) is 1.70. The van der Waals surface area contributed by atoms with E-state index in [-0.39, 0.29) is 5.70 Å². The number of nitrogens with two attached hydrogens (primary N) is 1. The Bertz CT molecular complexity index is 362. The molecule has 0 radical (unpaired) electrons. The molecule has 0 unspecified atom stereocenters. The van der Waals surface area contributed by atoms with Gasteiger partial charge in [0.2, 0.25) is 0 Å². The maximum atomic E-state index is 11.6. The third kappa shape index (κ3) is 5.34. The van der Waals surface area contributed by atoms with Crippen LogP contribution in [0, 0.1) is 0 Å². The number of hydrogen-bond donors (Lipinski definition) is 2. The van der Waals surface area contributed by atoms with Crippen molar-refractivity contribution in [3.8, 4) is 0 Å². The lowest BCUT2D eigenvalue weighted by molar-refractivity contribution is -0.138. The van der Waals surface area contributed by atoms with Crippen molar-refractivity contribution < 1.29 is 14.3 Å². The summed E-state index contributed by atoms with van der Waals surface area (Å²) in [5.74, 6) is -0.422. The number of esters is 1. The van der Waals surface area contributed by atoms with Crippen molar-refractivity contribution in [3.05, 3.63) is 23.0 Å². The molecule has 5 nitrogen and oxygen atoms in total. The fourth-order valence-corrected chi connectivity index (χ4v) is 1.98. The molecule has 0 heterocycles. The summed E-state index contributed by atoms with van der Waals surface area (Å²) in [4.78, 5) is 11.6. The maximum Gasteiger partial charge on any atom is 0.354 e. The van der Waals surface area contributed by atoms with Gasteiger partial charge in [0, 0.05) is 26.0 Å². The molecule has 0 saturated heterocycles. The molecule has 0 aromatic rings. The quantitative estimate of drug-likeness (QED) is 0.415. The van der Waals surface area contributed by atoms with Crippen molar-refractivity contribution in [2.45, 2.75) is 32.6 Å². The first-order chi connectivity index (χ1) is 9.19. The van der Waals surface area contributed by atoms with E-state index in [9.17, 15) is 4.79 Å². The van der Waals surface area contributed by atoms with E-state index in [0.29, 0.717) is 6.61 Å². The maximum absolute atomic E-state index is 11.6. The van der Waals surface area contributed by atoms with Gasteiger partial charge < -0.3 is 20.5 Å². The van der Waals surface area contributed by atoms with Crippen LogP contribution < -0.4 is 11.1 Å². The van der Waals surface area contributed by atoms with Gasteiger partial charge in [-0.2, -0.15) is 0 Å². The summed E-state index contributed by atoms with van der Waals surface area (Å²) in [6.45, 7) is 3.73. The zero-order valence-corrected chi connectivity index (χ0v) is 11.8. The Morgan fingerprint density at radius 3 is 2.95 bits per heavy atom. The molecule has 0 spiro atoms. The summed E-state index contributed by atoms with van der Waals surface area (Å²) in [6.07, 6.45) is 5.75. The van der Waals surface area contributed by atoms with Gasteiger partial charge in [-0.1, -0.05) is 0 Å². The van der Waals surface area contributed by atoms with Crippen LogP contribution in [0.4, 0.5) is 0 Å². The van der Waals surface area contributed by atoms with Crippen LogP contribution in [0.25, 0.3) is 0 Å². The third-order valence-electron chi connectivity index (χ3n) is 2.96. The molecule has 0 saturated carbocycles. The van der Waals surface area contributed by atoms with Gasteiger partial charge in [0.15, 0.2) is 0 Å². The standard InChI is InChI=1S/C14H24N2O3/c1-3-19-14(17)13(15)11-6-4-7-12(10-11)16-8-5-9-18-2/h10,16H,3-9,15H2,1-2H3/b13-11+. The fraction of sp³-hybridized carbons (Fsp3) is 0.643. The van der Waals surface area contributed by atoms with Gasteiger partial charge in [-0.05, 0) is 44.3 Å². The second-order valence-corrected chi connectivity index (χ2v) is 4.46. The SMILES string of the molecule is CCOC(=O)/C(N)=C1\C=C(NCCCOC)CCC1. The number of rotatable bonds is 7. The smallest absolute Gasteiger partial charge is 0.354 e. The molecule has 0 amide bonds. The van der Waals surface area contributed by atoms with E-state index in [2.05, 4.69) is 5.32 Å². The van der Waals surface area contributed by atoms with Gasteiger partial charge in [0.25, 0.3) is 0 Å². The van der Waals surface area contributed by atoms with Crippen LogP contribution in [-0.2, 0) is 14.3 Å². The second-order valence-electron chi connectivity index (χ2n) is 4.46. The molecule has 1 rings (SSSR count). The predicted molar refractivity (Wildman–Crippen MR) is 74.3 cm³/mol. The Kier molecular flexibility index (Phi) is 7.03. The molecule has 0 aromatic carbocycles. The number of nitrogens with one attached hydrogen (secondary N) is 1. The van der Waals surface area contributed by atoms with Crippen molar-refractivity contribution in [1.82, 2.24) is 5.32 Å². The highest BCUT2D eigenvalue weighted by molar-refractivity contribution is 5.88. The predicted octanol–water partition coefficient (Wildman–Crippen LogP) is 1.46. The molecular weight excluding hydrogens is 244 g/mol. The van der Waals surface area contributed by atoms with Crippen molar-refractivity contribution in [1.29, 1.82) is 0 Å². The molecule has 0 aliphatic heterocycles. The Morgan fingerprint density at radius 2 is 2.26 bits per heavy atom. The third-order valence-corrected chi connectivity index (χ3v) is 2.96. The number of carbonyl (C=O) groups is 1. The summed E-state index contributed by atoms with van der Waals surface area (Å²) in [5, 5.41) is 3.35. The number of ether oxygens (including phenoxy) is 2.